The summed E-state index contributed by atoms with van der Waals surface area (Å²) < 4.78 is 0.668. The first-order valence-electron chi connectivity index (χ1n) is 5.06. The van der Waals surface area contributed by atoms with Gasteiger partial charge in [0.1, 0.15) is 6.33 Å². The van der Waals surface area contributed by atoms with Gasteiger partial charge in [-0.3, -0.25) is 0 Å². The van der Waals surface area contributed by atoms with Crippen LogP contribution >= 0.6 is 15.9 Å². The molecule has 0 aliphatic carbocycles. The fourth-order valence-corrected chi connectivity index (χ4v) is 1.77. The van der Waals surface area contributed by atoms with Gasteiger partial charge in [0.15, 0.2) is 21.7 Å². The fraction of sp³-hybridized carbons (Fsp3) is 0.444. The average molecular weight is 285 g/mol. The van der Waals surface area contributed by atoms with Gasteiger partial charge in [-0.05, 0) is 35.9 Å². The van der Waals surface area contributed by atoms with Crippen LogP contribution in [0.15, 0.2) is 11.1 Å². The molecule has 0 atom stereocenters. The van der Waals surface area contributed by atoms with E-state index in [0.717, 1.165) is 36.5 Å². The maximum atomic E-state index is 4.27. The minimum Gasteiger partial charge on any atom is -0.368 e. The quantitative estimate of drug-likeness (QED) is 0.567. The third kappa shape index (κ3) is 2.48. The maximum absolute atomic E-state index is 4.27. The number of hydrogen-bond acceptors (Lipinski definition) is 5. The van der Waals surface area contributed by atoms with E-state index < -0.39 is 0 Å². The van der Waals surface area contributed by atoms with Crippen molar-refractivity contribution in [1.29, 1.82) is 0 Å². The topological polar surface area (TPSA) is 78.5 Å². The molecule has 0 saturated carbocycles. The van der Waals surface area contributed by atoms with Gasteiger partial charge in [0.2, 0.25) is 0 Å². The van der Waals surface area contributed by atoms with E-state index in [1.807, 2.05) is 7.05 Å². The van der Waals surface area contributed by atoms with Crippen molar-refractivity contribution in [3.63, 3.8) is 0 Å². The SMILES string of the molecule is CNCCCNc1ncnc2[nH]c(Br)nc12. The van der Waals surface area contributed by atoms with Gasteiger partial charge in [0.25, 0.3) is 0 Å². The summed E-state index contributed by atoms with van der Waals surface area (Å²) in [6, 6.07) is 0. The van der Waals surface area contributed by atoms with Crippen molar-refractivity contribution in [3.8, 4) is 0 Å². The number of aromatic nitrogens is 4. The Kier molecular flexibility index (Phi) is 3.68. The van der Waals surface area contributed by atoms with Gasteiger partial charge in [-0.25, -0.2) is 15.0 Å². The van der Waals surface area contributed by atoms with Crippen LogP contribution < -0.4 is 10.6 Å². The minimum absolute atomic E-state index is 0.668. The van der Waals surface area contributed by atoms with Gasteiger partial charge in [-0.1, -0.05) is 0 Å². The largest absolute Gasteiger partial charge is 0.368 e. The van der Waals surface area contributed by atoms with Crippen molar-refractivity contribution in [2.24, 2.45) is 0 Å². The summed E-state index contributed by atoms with van der Waals surface area (Å²) in [6.45, 7) is 1.84. The number of fused-ring (bicyclic) bond motifs is 1. The van der Waals surface area contributed by atoms with Crippen molar-refractivity contribution in [2.75, 3.05) is 25.5 Å². The highest BCUT2D eigenvalue weighted by Gasteiger charge is 2.07. The Balaban J connectivity index is 2.11. The molecule has 86 valence electrons. The Bertz CT molecular complexity index is 468. The van der Waals surface area contributed by atoms with Gasteiger partial charge in [0, 0.05) is 6.54 Å². The first kappa shape index (κ1) is 11.3. The molecule has 0 unspecified atom stereocenters. The van der Waals surface area contributed by atoms with Crippen LogP contribution in [0.3, 0.4) is 0 Å². The van der Waals surface area contributed by atoms with Crippen LogP contribution in [0.4, 0.5) is 5.82 Å². The average Bonchev–Trinajstić information content (AvgIpc) is 2.65. The Morgan fingerprint density at radius 1 is 1.38 bits per heavy atom. The molecule has 0 saturated heterocycles. The Morgan fingerprint density at radius 3 is 3.06 bits per heavy atom. The molecule has 0 amide bonds. The standard InChI is InChI=1S/C9H13BrN6/c1-11-3-2-4-12-7-6-8(14-5-13-7)16-9(10)15-6/h5,11H,2-4H2,1H3,(H2,12,13,14,15,16). The van der Waals surface area contributed by atoms with Crippen LogP contribution in [-0.4, -0.2) is 40.1 Å². The lowest BCUT2D eigenvalue weighted by molar-refractivity contribution is 0.747. The molecule has 16 heavy (non-hydrogen) atoms. The number of imidazole rings is 1. The first-order valence-corrected chi connectivity index (χ1v) is 5.85. The number of H-pyrrole nitrogens is 1. The monoisotopic (exact) mass is 284 g/mol. The number of rotatable bonds is 5. The zero-order valence-electron chi connectivity index (χ0n) is 8.92. The van der Waals surface area contributed by atoms with E-state index in [9.17, 15) is 0 Å². The van der Waals surface area contributed by atoms with E-state index in [4.69, 9.17) is 0 Å². The minimum atomic E-state index is 0.668. The molecule has 3 N–H and O–H groups in total. The van der Waals surface area contributed by atoms with Crippen molar-refractivity contribution in [3.05, 3.63) is 11.1 Å². The molecule has 0 radical (unpaired) electrons. The molecular formula is C9H13BrN6. The summed E-state index contributed by atoms with van der Waals surface area (Å²) >= 11 is 3.28. The number of aromatic amines is 1. The molecular weight excluding hydrogens is 272 g/mol. The highest BCUT2D eigenvalue weighted by Crippen LogP contribution is 2.18. The van der Waals surface area contributed by atoms with Gasteiger partial charge in [0.05, 0.1) is 0 Å². The zero-order chi connectivity index (χ0) is 11.4. The van der Waals surface area contributed by atoms with E-state index in [-0.39, 0.29) is 0 Å². The number of halogens is 1. The Morgan fingerprint density at radius 2 is 2.25 bits per heavy atom. The van der Waals surface area contributed by atoms with E-state index in [1.54, 1.807) is 0 Å². The molecule has 2 rings (SSSR count). The smallest absolute Gasteiger partial charge is 0.176 e. The second-order valence-electron chi connectivity index (χ2n) is 3.33. The van der Waals surface area contributed by atoms with Crippen LogP contribution in [0.25, 0.3) is 11.2 Å². The molecule has 0 aromatic carbocycles. The van der Waals surface area contributed by atoms with Crippen LogP contribution in [-0.2, 0) is 0 Å². The van der Waals surface area contributed by atoms with Crippen LogP contribution in [0.1, 0.15) is 6.42 Å². The molecule has 6 nitrogen and oxygen atoms in total. The van der Waals surface area contributed by atoms with Gasteiger partial charge >= 0.3 is 0 Å². The lowest BCUT2D eigenvalue weighted by atomic mass is 10.4. The van der Waals surface area contributed by atoms with Gasteiger partial charge in [-0.2, -0.15) is 0 Å². The molecule has 7 heteroatoms. The normalized spacial score (nSPS) is 10.9. The molecule has 2 aromatic rings. The van der Waals surface area contributed by atoms with Gasteiger partial charge < -0.3 is 15.6 Å². The molecule has 0 aliphatic heterocycles. The van der Waals surface area contributed by atoms with Crippen LogP contribution in [0, 0.1) is 0 Å². The van der Waals surface area contributed by atoms with Crippen LogP contribution in [0.2, 0.25) is 0 Å². The predicted molar refractivity (Wildman–Crippen MR) is 66.4 cm³/mol. The maximum Gasteiger partial charge on any atom is 0.176 e. The summed E-state index contributed by atoms with van der Waals surface area (Å²) in [5, 5.41) is 6.33. The summed E-state index contributed by atoms with van der Waals surface area (Å²) in [5.74, 6) is 0.767. The fourth-order valence-electron chi connectivity index (χ4n) is 1.40. The second kappa shape index (κ2) is 5.22. The summed E-state index contributed by atoms with van der Waals surface area (Å²) in [4.78, 5) is 15.5. The number of nitrogens with zero attached hydrogens (tertiary/aromatic N) is 3. The van der Waals surface area contributed by atoms with Crippen molar-refractivity contribution in [2.45, 2.75) is 6.42 Å². The van der Waals surface area contributed by atoms with E-state index in [2.05, 4.69) is 46.5 Å². The van der Waals surface area contributed by atoms with E-state index in [1.165, 1.54) is 6.33 Å². The van der Waals surface area contributed by atoms with E-state index in [0.29, 0.717) is 4.73 Å². The number of anilines is 1. The summed E-state index contributed by atoms with van der Waals surface area (Å²) in [5.41, 5.74) is 1.50. The van der Waals surface area contributed by atoms with Crippen LogP contribution in [0.5, 0.6) is 0 Å². The molecule has 2 aromatic heterocycles. The molecule has 0 aliphatic rings. The van der Waals surface area contributed by atoms with Crippen molar-refractivity contribution < 1.29 is 0 Å². The third-order valence-corrected chi connectivity index (χ3v) is 2.53. The predicted octanol–water partition coefficient (Wildman–Crippen LogP) is 1.14. The summed E-state index contributed by atoms with van der Waals surface area (Å²) in [7, 11) is 1.94. The third-order valence-electron chi connectivity index (χ3n) is 2.15. The Hall–Kier alpha value is -1.21. The number of hydrogen-bond donors (Lipinski definition) is 3. The molecule has 0 spiro atoms. The molecule has 0 bridgehead atoms. The lowest BCUT2D eigenvalue weighted by Gasteiger charge is -2.04. The lowest BCUT2D eigenvalue weighted by Crippen LogP contribution is -2.13. The highest BCUT2D eigenvalue weighted by atomic mass is 79.9. The van der Waals surface area contributed by atoms with Crippen molar-refractivity contribution >= 4 is 32.9 Å². The summed E-state index contributed by atoms with van der Waals surface area (Å²) in [6.07, 6.45) is 2.56. The zero-order valence-corrected chi connectivity index (χ0v) is 10.5. The molecule has 2 heterocycles. The molecule has 0 fully saturated rings. The van der Waals surface area contributed by atoms with Crippen molar-refractivity contribution in [1.82, 2.24) is 25.3 Å². The van der Waals surface area contributed by atoms with Gasteiger partial charge in [-0.15, -0.1) is 0 Å². The highest BCUT2D eigenvalue weighted by molar-refractivity contribution is 9.10. The van der Waals surface area contributed by atoms with E-state index >= 15 is 0 Å². The number of nitrogens with one attached hydrogen (secondary N) is 3. The Labute approximate surface area is 101 Å². The second-order valence-corrected chi connectivity index (χ2v) is 4.08. The first-order chi connectivity index (χ1) is 7.81.